The van der Waals surface area contributed by atoms with Crippen molar-refractivity contribution < 1.29 is 4.74 Å². The van der Waals surface area contributed by atoms with Gasteiger partial charge in [0.05, 0.1) is 15.4 Å². The Balaban J connectivity index is 2.16. The number of rotatable bonds is 7. The molecule has 5 heteroatoms. The number of hydrogen-bond donors (Lipinski definition) is 1. The molecule has 0 fully saturated rings. The molecule has 0 aliphatic rings. The van der Waals surface area contributed by atoms with Crippen molar-refractivity contribution in [1.82, 2.24) is 5.32 Å². The standard InChI is InChI=1S/C16H19Br2NOS/c1-3-6-19-14(12-9-16(18)21-10-12)8-11-4-5-15(20-2)13(17)7-11/h4-5,7,9-10,14,19H,3,6,8H2,1-2H3. The van der Waals surface area contributed by atoms with Gasteiger partial charge in [-0.15, -0.1) is 11.3 Å². The van der Waals surface area contributed by atoms with Crippen LogP contribution in [-0.2, 0) is 6.42 Å². The van der Waals surface area contributed by atoms with E-state index in [1.54, 1.807) is 18.4 Å². The summed E-state index contributed by atoms with van der Waals surface area (Å²) in [5.74, 6) is 0.870. The van der Waals surface area contributed by atoms with Crippen LogP contribution in [0.3, 0.4) is 0 Å². The van der Waals surface area contributed by atoms with E-state index in [-0.39, 0.29) is 0 Å². The van der Waals surface area contributed by atoms with E-state index in [9.17, 15) is 0 Å². The maximum Gasteiger partial charge on any atom is 0.133 e. The Morgan fingerprint density at radius 1 is 1.29 bits per heavy atom. The maximum absolute atomic E-state index is 5.29. The highest BCUT2D eigenvalue weighted by Gasteiger charge is 2.14. The van der Waals surface area contributed by atoms with Gasteiger partial charge in [-0.2, -0.15) is 0 Å². The van der Waals surface area contributed by atoms with E-state index >= 15 is 0 Å². The third-order valence-corrected chi connectivity index (χ3v) is 5.43. The molecular weight excluding hydrogens is 414 g/mol. The van der Waals surface area contributed by atoms with E-state index in [0.29, 0.717) is 6.04 Å². The van der Waals surface area contributed by atoms with Crippen LogP contribution in [0.5, 0.6) is 5.75 Å². The zero-order chi connectivity index (χ0) is 15.2. The first-order valence-corrected chi connectivity index (χ1v) is 9.40. The largest absolute Gasteiger partial charge is 0.496 e. The molecule has 1 aromatic heterocycles. The van der Waals surface area contributed by atoms with Gasteiger partial charge in [0.25, 0.3) is 0 Å². The maximum atomic E-state index is 5.29. The van der Waals surface area contributed by atoms with Gasteiger partial charge >= 0.3 is 0 Å². The van der Waals surface area contributed by atoms with Crippen LogP contribution < -0.4 is 10.1 Å². The van der Waals surface area contributed by atoms with Gasteiger partial charge in [0.2, 0.25) is 0 Å². The molecule has 0 aliphatic carbocycles. The number of hydrogen-bond acceptors (Lipinski definition) is 3. The van der Waals surface area contributed by atoms with Crippen LogP contribution in [0.1, 0.15) is 30.5 Å². The second-order valence-corrected chi connectivity index (χ2v) is 8.01. The Morgan fingerprint density at radius 3 is 2.67 bits per heavy atom. The molecule has 0 aliphatic heterocycles. The molecule has 1 aromatic carbocycles. The molecule has 1 heterocycles. The zero-order valence-electron chi connectivity index (χ0n) is 12.2. The Labute approximate surface area is 147 Å². The fraction of sp³-hybridized carbons (Fsp3) is 0.375. The first-order chi connectivity index (χ1) is 10.1. The number of methoxy groups -OCH3 is 1. The third-order valence-electron chi connectivity index (χ3n) is 3.29. The van der Waals surface area contributed by atoms with E-state index in [1.165, 1.54) is 14.9 Å². The Hall–Kier alpha value is -0.360. The number of benzene rings is 1. The lowest BCUT2D eigenvalue weighted by Gasteiger charge is -2.18. The minimum absolute atomic E-state index is 0.341. The van der Waals surface area contributed by atoms with Crippen molar-refractivity contribution in [3.8, 4) is 5.75 Å². The number of thiophene rings is 1. The van der Waals surface area contributed by atoms with Gasteiger partial charge in [-0.05, 0) is 86.0 Å². The molecule has 114 valence electrons. The monoisotopic (exact) mass is 431 g/mol. The highest BCUT2D eigenvalue weighted by atomic mass is 79.9. The van der Waals surface area contributed by atoms with E-state index in [1.807, 2.05) is 6.07 Å². The molecule has 1 unspecified atom stereocenters. The molecule has 0 spiro atoms. The van der Waals surface area contributed by atoms with Crippen LogP contribution in [0.4, 0.5) is 0 Å². The van der Waals surface area contributed by atoms with Crippen LogP contribution in [-0.4, -0.2) is 13.7 Å². The average Bonchev–Trinajstić information content (AvgIpc) is 2.90. The molecule has 21 heavy (non-hydrogen) atoms. The quantitative estimate of drug-likeness (QED) is 0.617. The summed E-state index contributed by atoms with van der Waals surface area (Å²) in [6, 6.07) is 8.83. The van der Waals surface area contributed by atoms with Crippen LogP contribution in [0.15, 0.2) is 37.9 Å². The summed E-state index contributed by atoms with van der Waals surface area (Å²) in [5.41, 5.74) is 2.63. The second-order valence-electron chi connectivity index (χ2n) is 4.86. The summed E-state index contributed by atoms with van der Waals surface area (Å²) < 4.78 is 7.47. The van der Waals surface area contributed by atoms with Crippen molar-refractivity contribution in [2.24, 2.45) is 0 Å². The normalized spacial score (nSPS) is 12.4. The molecule has 0 saturated carbocycles. The van der Waals surface area contributed by atoms with E-state index in [0.717, 1.165) is 29.6 Å². The van der Waals surface area contributed by atoms with Gasteiger partial charge in [0, 0.05) is 6.04 Å². The summed E-state index contributed by atoms with van der Waals surface area (Å²) in [4.78, 5) is 0. The van der Waals surface area contributed by atoms with E-state index in [2.05, 4.69) is 67.7 Å². The number of ether oxygens (including phenoxy) is 1. The van der Waals surface area contributed by atoms with Crippen LogP contribution >= 0.6 is 43.2 Å². The highest BCUT2D eigenvalue weighted by molar-refractivity contribution is 9.11. The van der Waals surface area contributed by atoms with Crippen molar-refractivity contribution in [1.29, 1.82) is 0 Å². The minimum atomic E-state index is 0.341. The molecule has 2 nitrogen and oxygen atoms in total. The molecule has 0 bridgehead atoms. The van der Waals surface area contributed by atoms with Crippen molar-refractivity contribution in [3.63, 3.8) is 0 Å². The fourth-order valence-electron chi connectivity index (χ4n) is 2.21. The van der Waals surface area contributed by atoms with Gasteiger partial charge in [-0.1, -0.05) is 13.0 Å². The Kier molecular flexibility index (Phi) is 6.74. The van der Waals surface area contributed by atoms with Gasteiger partial charge in [-0.3, -0.25) is 0 Å². The lowest BCUT2D eigenvalue weighted by molar-refractivity contribution is 0.412. The van der Waals surface area contributed by atoms with Crippen molar-refractivity contribution in [2.75, 3.05) is 13.7 Å². The van der Waals surface area contributed by atoms with Gasteiger partial charge in [0.1, 0.15) is 5.75 Å². The fourth-order valence-corrected chi connectivity index (χ4v) is 4.02. The van der Waals surface area contributed by atoms with Gasteiger partial charge in [0.15, 0.2) is 0 Å². The Bertz CT molecular complexity index is 585. The lowest BCUT2D eigenvalue weighted by Crippen LogP contribution is -2.23. The molecule has 2 aromatic rings. The van der Waals surface area contributed by atoms with Crippen LogP contribution in [0.25, 0.3) is 0 Å². The summed E-state index contributed by atoms with van der Waals surface area (Å²) in [6.07, 6.45) is 2.10. The predicted octanol–water partition coefficient (Wildman–Crippen LogP) is 5.57. The smallest absolute Gasteiger partial charge is 0.133 e. The molecule has 1 atom stereocenters. The van der Waals surface area contributed by atoms with Gasteiger partial charge in [-0.25, -0.2) is 0 Å². The summed E-state index contributed by atoms with van der Waals surface area (Å²) in [7, 11) is 1.69. The van der Waals surface area contributed by atoms with Crippen molar-refractivity contribution in [3.05, 3.63) is 49.0 Å². The second kappa shape index (κ2) is 8.32. The number of halogens is 2. The first kappa shape index (κ1) is 17.0. The first-order valence-electron chi connectivity index (χ1n) is 6.93. The zero-order valence-corrected chi connectivity index (χ0v) is 16.1. The third kappa shape index (κ3) is 4.81. The summed E-state index contributed by atoms with van der Waals surface area (Å²) in [6.45, 7) is 3.22. The Morgan fingerprint density at radius 2 is 2.10 bits per heavy atom. The van der Waals surface area contributed by atoms with E-state index in [4.69, 9.17) is 4.74 Å². The van der Waals surface area contributed by atoms with Crippen molar-refractivity contribution in [2.45, 2.75) is 25.8 Å². The predicted molar refractivity (Wildman–Crippen MR) is 97.5 cm³/mol. The summed E-state index contributed by atoms with van der Waals surface area (Å²) in [5, 5.41) is 5.85. The highest BCUT2D eigenvalue weighted by Crippen LogP contribution is 2.30. The SMILES string of the molecule is CCCNC(Cc1ccc(OC)c(Br)c1)c1csc(Br)c1. The van der Waals surface area contributed by atoms with E-state index < -0.39 is 0 Å². The lowest BCUT2D eigenvalue weighted by atomic mass is 10.0. The van der Waals surface area contributed by atoms with Crippen molar-refractivity contribution >= 4 is 43.2 Å². The average molecular weight is 433 g/mol. The number of nitrogens with one attached hydrogen (secondary N) is 1. The molecule has 0 radical (unpaired) electrons. The minimum Gasteiger partial charge on any atom is -0.496 e. The molecule has 2 rings (SSSR count). The molecule has 0 saturated heterocycles. The van der Waals surface area contributed by atoms with Gasteiger partial charge < -0.3 is 10.1 Å². The topological polar surface area (TPSA) is 21.3 Å². The van der Waals surface area contributed by atoms with Crippen LogP contribution in [0.2, 0.25) is 0 Å². The van der Waals surface area contributed by atoms with Crippen LogP contribution in [0, 0.1) is 0 Å². The summed E-state index contributed by atoms with van der Waals surface area (Å²) >= 11 is 8.84. The molecular formula is C16H19Br2NOS. The molecule has 0 amide bonds. The molecule has 1 N–H and O–H groups in total.